The first-order chi connectivity index (χ1) is 11.8. The monoisotopic (exact) mass is 367 g/mol. The molecule has 0 amide bonds. The summed E-state index contributed by atoms with van der Waals surface area (Å²) in [5, 5.41) is 5.39. The largest absolute Gasteiger partial charge is 0.465 e. The van der Waals surface area contributed by atoms with Crippen molar-refractivity contribution in [3.05, 3.63) is 41.1 Å². The van der Waals surface area contributed by atoms with Gasteiger partial charge >= 0.3 is 11.9 Å². The van der Waals surface area contributed by atoms with Crippen LogP contribution in [-0.2, 0) is 19.5 Å². The van der Waals surface area contributed by atoms with E-state index in [1.54, 1.807) is 19.9 Å². The van der Waals surface area contributed by atoms with Gasteiger partial charge in [-0.15, -0.1) is 0 Å². The highest BCUT2D eigenvalue weighted by Gasteiger charge is 2.27. The van der Waals surface area contributed by atoms with Crippen molar-refractivity contribution in [1.82, 2.24) is 10.2 Å². The molecule has 134 valence electrons. The number of H-pyrrole nitrogens is 1. The Morgan fingerprint density at radius 2 is 1.96 bits per heavy atom. The molecule has 1 aromatic heterocycles. The van der Waals surface area contributed by atoms with Crippen LogP contribution in [0, 0.1) is 6.92 Å². The third-order valence-corrected chi connectivity index (χ3v) is 4.53. The Labute approximate surface area is 144 Å². The van der Waals surface area contributed by atoms with Crippen molar-refractivity contribution >= 4 is 27.6 Å². The Bertz CT molecular complexity index is 904. The van der Waals surface area contributed by atoms with Gasteiger partial charge in [-0.3, -0.25) is 9.82 Å². The number of aryl methyl sites for hydroxylation is 1. The summed E-state index contributed by atoms with van der Waals surface area (Å²) >= 11 is 0. The number of sulfonamides is 1. The average Bonchev–Trinajstić information content (AvgIpc) is 3.06. The molecule has 0 radical (unpaired) electrons. The molecule has 0 fully saturated rings. The second-order valence-corrected chi connectivity index (χ2v) is 6.60. The van der Waals surface area contributed by atoms with Crippen molar-refractivity contribution in [2.24, 2.45) is 0 Å². The highest BCUT2D eigenvalue weighted by Crippen LogP contribution is 2.23. The molecular weight excluding hydrogens is 350 g/mol. The van der Waals surface area contributed by atoms with Crippen molar-refractivity contribution in [1.29, 1.82) is 0 Å². The minimum atomic E-state index is -4.22. The van der Waals surface area contributed by atoms with E-state index < -0.39 is 27.0 Å². The van der Waals surface area contributed by atoms with E-state index >= 15 is 0 Å². The molecule has 0 bridgehead atoms. The second-order valence-electron chi connectivity index (χ2n) is 4.98. The van der Waals surface area contributed by atoms with Gasteiger partial charge in [0.25, 0.3) is 10.0 Å². The van der Waals surface area contributed by atoms with Gasteiger partial charge in [-0.1, -0.05) is 11.6 Å². The fraction of sp³-hybridized carbons (Fsp3) is 0.267. The maximum Gasteiger partial charge on any atom is 0.342 e. The zero-order valence-electron chi connectivity index (χ0n) is 13.8. The fourth-order valence-electron chi connectivity index (χ4n) is 2.06. The molecule has 1 heterocycles. The molecule has 0 spiro atoms. The quantitative estimate of drug-likeness (QED) is 0.740. The fourth-order valence-corrected chi connectivity index (χ4v) is 3.22. The van der Waals surface area contributed by atoms with E-state index in [2.05, 4.69) is 19.7 Å². The zero-order valence-corrected chi connectivity index (χ0v) is 14.6. The molecule has 2 aromatic rings. The van der Waals surface area contributed by atoms with Gasteiger partial charge in [-0.05, 0) is 26.0 Å². The first-order valence-corrected chi connectivity index (χ1v) is 8.70. The summed E-state index contributed by atoms with van der Waals surface area (Å²) in [6, 6.07) is 4.55. The average molecular weight is 367 g/mol. The SMILES string of the molecule is CCOC(=O)c1cn[nH]c1S(=O)(=O)Nc1ccc(C)cc1C(=O)OC. The predicted molar refractivity (Wildman–Crippen MR) is 87.9 cm³/mol. The lowest BCUT2D eigenvalue weighted by Gasteiger charge is -2.12. The van der Waals surface area contributed by atoms with E-state index in [4.69, 9.17) is 4.74 Å². The van der Waals surface area contributed by atoms with E-state index in [0.717, 1.165) is 11.8 Å². The summed E-state index contributed by atoms with van der Waals surface area (Å²) in [5.74, 6) is -1.52. The number of aromatic nitrogens is 2. The molecule has 0 unspecified atom stereocenters. The summed E-state index contributed by atoms with van der Waals surface area (Å²) in [4.78, 5) is 23.7. The molecule has 9 nitrogen and oxygen atoms in total. The van der Waals surface area contributed by atoms with Crippen molar-refractivity contribution in [3.8, 4) is 0 Å². The zero-order chi connectivity index (χ0) is 18.6. The van der Waals surface area contributed by atoms with Crippen LogP contribution in [0.15, 0.2) is 29.4 Å². The maximum absolute atomic E-state index is 12.6. The van der Waals surface area contributed by atoms with Crippen LogP contribution in [0.1, 0.15) is 33.2 Å². The highest BCUT2D eigenvalue weighted by atomic mass is 32.2. The van der Waals surface area contributed by atoms with Gasteiger partial charge in [-0.2, -0.15) is 13.5 Å². The molecule has 2 N–H and O–H groups in total. The number of nitrogens with one attached hydrogen (secondary N) is 2. The van der Waals surface area contributed by atoms with Crippen LogP contribution < -0.4 is 4.72 Å². The van der Waals surface area contributed by atoms with Crippen LogP contribution in [0.5, 0.6) is 0 Å². The molecule has 0 aliphatic carbocycles. The van der Waals surface area contributed by atoms with E-state index in [9.17, 15) is 18.0 Å². The van der Waals surface area contributed by atoms with E-state index in [1.807, 2.05) is 0 Å². The van der Waals surface area contributed by atoms with Gasteiger partial charge in [0.15, 0.2) is 5.03 Å². The number of ether oxygens (including phenoxy) is 2. The third-order valence-electron chi connectivity index (χ3n) is 3.19. The van der Waals surface area contributed by atoms with Gasteiger partial charge in [0.05, 0.1) is 31.2 Å². The minimum Gasteiger partial charge on any atom is -0.465 e. The van der Waals surface area contributed by atoms with Crippen LogP contribution in [0.25, 0.3) is 0 Å². The molecule has 25 heavy (non-hydrogen) atoms. The molecule has 0 aliphatic heterocycles. The summed E-state index contributed by atoms with van der Waals surface area (Å²) in [7, 11) is -3.03. The number of rotatable bonds is 6. The van der Waals surface area contributed by atoms with Crippen LogP contribution >= 0.6 is 0 Å². The summed E-state index contributed by atoms with van der Waals surface area (Å²) in [6.07, 6.45) is 1.06. The second kappa shape index (κ2) is 7.34. The van der Waals surface area contributed by atoms with Crippen molar-refractivity contribution in [3.63, 3.8) is 0 Å². The number of hydrogen-bond acceptors (Lipinski definition) is 7. The van der Waals surface area contributed by atoms with E-state index in [1.165, 1.54) is 19.2 Å². The lowest BCUT2D eigenvalue weighted by atomic mass is 10.1. The number of anilines is 1. The Morgan fingerprint density at radius 3 is 2.60 bits per heavy atom. The Balaban J connectivity index is 2.43. The normalized spacial score (nSPS) is 11.0. The smallest absolute Gasteiger partial charge is 0.342 e. The molecule has 1 aromatic carbocycles. The number of carbonyl (C=O) groups is 2. The van der Waals surface area contributed by atoms with Gasteiger partial charge in [-0.25, -0.2) is 9.59 Å². The number of carbonyl (C=O) groups excluding carboxylic acids is 2. The molecule has 10 heteroatoms. The molecule has 0 atom stereocenters. The summed E-state index contributed by atoms with van der Waals surface area (Å²) in [6.45, 7) is 3.43. The number of esters is 2. The summed E-state index contributed by atoms with van der Waals surface area (Å²) in [5.41, 5.74) is 0.573. The number of hydrogen-bond donors (Lipinski definition) is 2. The Hall–Kier alpha value is -2.88. The molecule has 0 aliphatic rings. The molecule has 0 saturated carbocycles. The highest BCUT2D eigenvalue weighted by molar-refractivity contribution is 7.92. The maximum atomic E-state index is 12.6. The number of benzene rings is 1. The van der Waals surface area contributed by atoms with E-state index in [0.29, 0.717) is 0 Å². The first-order valence-electron chi connectivity index (χ1n) is 7.22. The first kappa shape index (κ1) is 18.5. The lowest BCUT2D eigenvalue weighted by Crippen LogP contribution is -2.19. The third kappa shape index (κ3) is 3.97. The minimum absolute atomic E-state index is 0.0156. The van der Waals surface area contributed by atoms with Crippen molar-refractivity contribution in [2.75, 3.05) is 18.4 Å². The van der Waals surface area contributed by atoms with Gasteiger partial charge in [0.1, 0.15) is 5.56 Å². The van der Waals surface area contributed by atoms with Crippen molar-refractivity contribution in [2.45, 2.75) is 18.9 Å². The van der Waals surface area contributed by atoms with Crippen LogP contribution in [0.2, 0.25) is 0 Å². The van der Waals surface area contributed by atoms with Crippen LogP contribution in [0.3, 0.4) is 0 Å². The van der Waals surface area contributed by atoms with Gasteiger partial charge in [0.2, 0.25) is 0 Å². The molecular formula is C15H17N3O6S. The number of aromatic amines is 1. The van der Waals surface area contributed by atoms with Crippen LogP contribution in [0.4, 0.5) is 5.69 Å². The number of nitrogens with zero attached hydrogens (tertiary/aromatic N) is 1. The molecule has 2 rings (SSSR count). The van der Waals surface area contributed by atoms with Gasteiger partial charge < -0.3 is 9.47 Å². The van der Waals surface area contributed by atoms with E-state index in [-0.39, 0.29) is 23.4 Å². The standard InChI is InChI=1S/C15H17N3O6S/c1-4-24-15(20)11-8-16-17-13(11)25(21,22)18-12-6-5-9(2)7-10(12)14(19)23-3/h5-8,18H,4H2,1-3H3,(H,16,17). The van der Waals surface area contributed by atoms with Crippen molar-refractivity contribution < 1.29 is 27.5 Å². The molecule has 0 saturated heterocycles. The Morgan fingerprint density at radius 1 is 1.24 bits per heavy atom. The topological polar surface area (TPSA) is 127 Å². The summed E-state index contributed by atoms with van der Waals surface area (Å²) < 4.78 is 36.9. The van der Waals surface area contributed by atoms with Gasteiger partial charge in [0, 0.05) is 0 Å². The number of methoxy groups -OCH3 is 1. The lowest BCUT2D eigenvalue weighted by molar-refractivity contribution is 0.0521. The Kier molecular flexibility index (Phi) is 5.42. The predicted octanol–water partition coefficient (Wildman–Crippen LogP) is 1.48. The van der Waals surface area contributed by atoms with Crippen LogP contribution in [-0.4, -0.2) is 44.3 Å².